The van der Waals surface area contributed by atoms with Crippen LogP contribution in [0.25, 0.3) is 0 Å². The Labute approximate surface area is 117 Å². The van der Waals surface area contributed by atoms with Gasteiger partial charge in [0.05, 0.1) is 5.56 Å². The number of anilines is 1. The Hall–Kier alpha value is -1.03. The first kappa shape index (κ1) is 13.4. The Morgan fingerprint density at radius 2 is 2.17 bits per heavy atom. The lowest BCUT2D eigenvalue weighted by Gasteiger charge is -2.40. The Kier molecular flexibility index (Phi) is 3.95. The minimum atomic E-state index is 0.128. The molecule has 1 saturated heterocycles. The summed E-state index contributed by atoms with van der Waals surface area (Å²) in [4.78, 5) is 2.38. The van der Waals surface area contributed by atoms with Gasteiger partial charge in [-0.05, 0) is 53.7 Å². The predicted octanol–water partition coefficient (Wildman–Crippen LogP) is 3.36. The van der Waals surface area contributed by atoms with Crippen molar-refractivity contribution in [2.24, 2.45) is 11.7 Å². The fourth-order valence-corrected chi connectivity index (χ4v) is 3.26. The van der Waals surface area contributed by atoms with Gasteiger partial charge in [0.1, 0.15) is 5.84 Å². The number of piperidine rings is 1. The number of hydrogen-bond donors (Lipinski definition) is 2. The van der Waals surface area contributed by atoms with Crippen molar-refractivity contribution >= 4 is 27.5 Å². The summed E-state index contributed by atoms with van der Waals surface area (Å²) in [5.74, 6) is 0.806. The molecule has 1 heterocycles. The van der Waals surface area contributed by atoms with Crippen LogP contribution in [0.2, 0.25) is 0 Å². The van der Waals surface area contributed by atoms with E-state index in [1.54, 1.807) is 0 Å². The van der Waals surface area contributed by atoms with Crippen LogP contribution in [-0.4, -0.2) is 18.4 Å². The molecule has 0 radical (unpaired) electrons. The van der Waals surface area contributed by atoms with Gasteiger partial charge in [-0.1, -0.05) is 13.0 Å². The standard InChI is InChI=1S/C14H20BrN3/c1-9-5-4-8-18(10(9)2)12-7-3-6-11(15)13(12)14(16)17/h3,6-7,9-10H,4-5,8H2,1-2H3,(H3,16,17). The number of nitrogens with zero attached hydrogens (tertiary/aromatic N) is 1. The van der Waals surface area contributed by atoms with Crippen LogP contribution in [0.3, 0.4) is 0 Å². The van der Waals surface area contributed by atoms with Gasteiger partial charge < -0.3 is 10.6 Å². The molecule has 1 aromatic rings. The molecule has 1 aliphatic heterocycles. The van der Waals surface area contributed by atoms with Crippen LogP contribution in [0.4, 0.5) is 5.69 Å². The van der Waals surface area contributed by atoms with Crippen molar-refractivity contribution in [3.8, 4) is 0 Å². The molecule has 0 bridgehead atoms. The fourth-order valence-electron chi connectivity index (χ4n) is 2.69. The van der Waals surface area contributed by atoms with E-state index in [0.717, 1.165) is 22.3 Å². The van der Waals surface area contributed by atoms with E-state index in [9.17, 15) is 0 Å². The number of nitrogens with two attached hydrogens (primary N) is 1. The molecule has 0 aromatic heterocycles. The van der Waals surface area contributed by atoms with Crippen LogP contribution in [-0.2, 0) is 0 Å². The van der Waals surface area contributed by atoms with Gasteiger partial charge in [0.2, 0.25) is 0 Å². The monoisotopic (exact) mass is 309 g/mol. The van der Waals surface area contributed by atoms with Gasteiger partial charge >= 0.3 is 0 Å². The predicted molar refractivity (Wildman–Crippen MR) is 80.4 cm³/mol. The maximum absolute atomic E-state index is 7.77. The Balaban J connectivity index is 2.44. The first-order chi connectivity index (χ1) is 8.52. The molecule has 0 amide bonds. The number of nitrogen functional groups attached to an aromatic ring is 1. The van der Waals surface area contributed by atoms with E-state index in [2.05, 4.69) is 40.7 Å². The Bertz CT molecular complexity index is 458. The molecule has 3 N–H and O–H groups in total. The van der Waals surface area contributed by atoms with Gasteiger partial charge in [-0.3, -0.25) is 5.41 Å². The maximum Gasteiger partial charge on any atom is 0.126 e. The summed E-state index contributed by atoms with van der Waals surface area (Å²) < 4.78 is 0.901. The normalized spacial score (nSPS) is 24.1. The maximum atomic E-state index is 7.77. The number of amidine groups is 1. The minimum Gasteiger partial charge on any atom is -0.384 e. The summed E-state index contributed by atoms with van der Waals surface area (Å²) >= 11 is 3.50. The van der Waals surface area contributed by atoms with E-state index in [1.807, 2.05) is 12.1 Å². The van der Waals surface area contributed by atoms with E-state index < -0.39 is 0 Å². The molecule has 3 nitrogen and oxygen atoms in total. The molecule has 0 saturated carbocycles. The highest BCUT2D eigenvalue weighted by molar-refractivity contribution is 9.10. The third-order valence-corrected chi connectivity index (χ3v) is 4.60. The second-order valence-corrected chi connectivity index (χ2v) is 5.96. The van der Waals surface area contributed by atoms with E-state index >= 15 is 0 Å². The molecule has 0 spiro atoms. The first-order valence-corrected chi connectivity index (χ1v) is 7.21. The summed E-state index contributed by atoms with van der Waals surface area (Å²) in [6.45, 7) is 5.60. The smallest absolute Gasteiger partial charge is 0.126 e. The lowest BCUT2D eigenvalue weighted by molar-refractivity contribution is 0.363. The number of halogens is 1. The summed E-state index contributed by atoms with van der Waals surface area (Å²) in [6.07, 6.45) is 2.48. The number of hydrogen-bond acceptors (Lipinski definition) is 2. The molecule has 1 aliphatic rings. The van der Waals surface area contributed by atoms with E-state index in [-0.39, 0.29) is 5.84 Å². The van der Waals surface area contributed by atoms with E-state index in [0.29, 0.717) is 12.0 Å². The van der Waals surface area contributed by atoms with Gasteiger partial charge in [-0.2, -0.15) is 0 Å². The van der Waals surface area contributed by atoms with Crippen molar-refractivity contribution in [1.29, 1.82) is 5.41 Å². The number of benzene rings is 1. The molecule has 98 valence electrons. The third-order valence-electron chi connectivity index (χ3n) is 3.94. The quantitative estimate of drug-likeness (QED) is 0.650. The fraction of sp³-hybridized carbons (Fsp3) is 0.500. The highest BCUT2D eigenvalue weighted by Crippen LogP contribution is 2.33. The van der Waals surface area contributed by atoms with Gasteiger partial charge in [0, 0.05) is 22.7 Å². The molecule has 1 aromatic carbocycles. The van der Waals surface area contributed by atoms with Crippen molar-refractivity contribution in [2.75, 3.05) is 11.4 Å². The van der Waals surface area contributed by atoms with Gasteiger partial charge in [0.15, 0.2) is 0 Å². The average Bonchev–Trinajstić information content (AvgIpc) is 2.32. The molecule has 4 heteroatoms. The van der Waals surface area contributed by atoms with Gasteiger partial charge in [-0.25, -0.2) is 0 Å². The van der Waals surface area contributed by atoms with Crippen molar-refractivity contribution in [3.05, 3.63) is 28.2 Å². The zero-order valence-corrected chi connectivity index (χ0v) is 12.5. The van der Waals surface area contributed by atoms with E-state index in [1.165, 1.54) is 12.8 Å². The highest BCUT2D eigenvalue weighted by atomic mass is 79.9. The number of rotatable bonds is 2. The van der Waals surface area contributed by atoms with Crippen LogP contribution in [0.1, 0.15) is 32.3 Å². The van der Waals surface area contributed by atoms with Crippen LogP contribution in [0.15, 0.2) is 22.7 Å². The van der Waals surface area contributed by atoms with Crippen molar-refractivity contribution in [3.63, 3.8) is 0 Å². The zero-order valence-electron chi connectivity index (χ0n) is 10.9. The Morgan fingerprint density at radius 3 is 2.83 bits per heavy atom. The van der Waals surface area contributed by atoms with Crippen molar-refractivity contribution in [2.45, 2.75) is 32.7 Å². The third kappa shape index (κ3) is 2.39. The van der Waals surface area contributed by atoms with Crippen LogP contribution in [0.5, 0.6) is 0 Å². The molecular formula is C14H20BrN3. The second-order valence-electron chi connectivity index (χ2n) is 5.10. The molecule has 2 rings (SSSR count). The lowest BCUT2D eigenvalue weighted by Crippen LogP contribution is -2.43. The minimum absolute atomic E-state index is 0.128. The Morgan fingerprint density at radius 1 is 1.44 bits per heavy atom. The van der Waals surface area contributed by atoms with Crippen LogP contribution >= 0.6 is 15.9 Å². The lowest BCUT2D eigenvalue weighted by atomic mass is 9.91. The molecule has 2 atom stereocenters. The molecule has 2 unspecified atom stereocenters. The van der Waals surface area contributed by atoms with Gasteiger partial charge in [-0.15, -0.1) is 0 Å². The summed E-state index contributed by atoms with van der Waals surface area (Å²) in [6, 6.07) is 6.51. The largest absolute Gasteiger partial charge is 0.384 e. The molecule has 1 fully saturated rings. The number of nitrogens with one attached hydrogen (secondary N) is 1. The highest BCUT2D eigenvalue weighted by Gasteiger charge is 2.27. The summed E-state index contributed by atoms with van der Waals surface area (Å²) in [5.41, 5.74) is 7.63. The molecular weight excluding hydrogens is 290 g/mol. The van der Waals surface area contributed by atoms with E-state index in [4.69, 9.17) is 11.1 Å². The van der Waals surface area contributed by atoms with Crippen LogP contribution in [0, 0.1) is 11.3 Å². The zero-order chi connectivity index (χ0) is 13.3. The van der Waals surface area contributed by atoms with Gasteiger partial charge in [0.25, 0.3) is 0 Å². The summed E-state index contributed by atoms with van der Waals surface area (Å²) in [5, 5.41) is 7.77. The van der Waals surface area contributed by atoms with Crippen molar-refractivity contribution < 1.29 is 0 Å². The molecule has 18 heavy (non-hydrogen) atoms. The second kappa shape index (κ2) is 5.31. The first-order valence-electron chi connectivity index (χ1n) is 6.42. The van der Waals surface area contributed by atoms with Crippen LogP contribution < -0.4 is 10.6 Å². The molecule has 0 aliphatic carbocycles. The topological polar surface area (TPSA) is 53.1 Å². The summed E-state index contributed by atoms with van der Waals surface area (Å²) in [7, 11) is 0. The van der Waals surface area contributed by atoms with Crippen molar-refractivity contribution in [1.82, 2.24) is 0 Å². The average molecular weight is 310 g/mol. The SMILES string of the molecule is CC1CCCN(c2cccc(Br)c2C(=N)N)C1C.